The molecule has 3 rings (SSSR count). The van der Waals surface area contributed by atoms with Gasteiger partial charge in [0.05, 0.1) is 0 Å². The Hall–Kier alpha value is -2.46. The highest BCUT2D eigenvalue weighted by Crippen LogP contribution is 2.24. The maximum absolute atomic E-state index is 12.4. The topological polar surface area (TPSA) is 54.3 Å². The minimum atomic E-state index is -0.226. The van der Waals surface area contributed by atoms with Crippen LogP contribution in [0.2, 0.25) is 5.02 Å². The molecule has 0 saturated carbocycles. The number of benzene rings is 2. The molecule has 1 amide bonds. The van der Waals surface area contributed by atoms with Gasteiger partial charge >= 0.3 is 0 Å². The zero-order chi connectivity index (χ0) is 15.0. The lowest BCUT2D eigenvalue weighted by atomic mass is 10.2. The van der Waals surface area contributed by atoms with Crippen LogP contribution < -0.4 is 5.32 Å². The minimum absolute atomic E-state index is 0.176. The number of rotatable bonds is 2. The van der Waals surface area contributed by atoms with Gasteiger partial charge in [0, 0.05) is 28.7 Å². The van der Waals surface area contributed by atoms with Gasteiger partial charge in [0.2, 0.25) is 0 Å². The number of phenols is 1. The number of aryl methyl sites for hydroxylation is 1. The van der Waals surface area contributed by atoms with Crippen LogP contribution in [0.5, 0.6) is 5.75 Å². The first-order valence-corrected chi connectivity index (χ1v) is 6.78. The normalized spacial score (nSPS) is 10.8. The summed E-state index contributed by atoms with van der Waals surface area (Å²) in [7, 11) is 1.81. The molecule has 0 aliphatic carbocycles. The van der Waals surface area contributed by atoms with Gasteiger partial charge < -0.3 is 15.0 Å². The number of nitrogens with one attached hydrogen (secondary N) is 1. The van der Waals surface area contributed by atoms with Crippen LogP contribution in [-0.2, 0) is 7.05 Å². The Morgan fingerprint density at radius 3 is 2.76 bits per heavy atom. The van der Waals surface area contributed by atoms with Crippen LogP contribution in [0.25, 0.3) is 10.9 Å². The Bertz CT molecular complexity index is 839. The quantitative estimate of drug-likeness (QED) is 0.756. The van der Waals surface area contributed by atoms with Crippen molar-refractivity contribution >= 4 is 34.1 Å². The molecule has 4 nitrogen and oxygen atoms in total. The van der Waals surface area contributed by atoms with Crippen molar-refractivity contribution in [2.24, 2.45) is 7.05 Å². The Balaban J connectivity index is 1.96. The van der Waals surface area contributed by atoms with Gasteiger partial charge in [-0.15, -0.1) is 0 Å². The molecular formula is C16H13ClN2O2. The van der Waals surface area contributed by atoms with Crippen LogP contribution in [0.4, 0.5) is 5.69 Å². The van der Waals surface area contributed by atoms with Crippen molar-refractivity contribution in [3.63, 3.8) is 0 Å². The number of fused-ring (bicyclic) bond motifs is 1. The number of nitrogens with zero attached hydrogens (tertiary/aromatic N) is 1. The average molecular weight is 301 g/mol. The molecular weight excluding hydrogens is 288 g/mol. The molecule has 0 radical (unpaired) electrons. The molecule has 0 fully saturated rings. The molecule has 0 saturated heterocycles. The third-order valence-electron chi connectivity index (χ3n) is 3.34. The number of hydrogen-bond donors (Lipinski definition) is 2. The second kappa shape index (κ2) is 5.14. The summed E-state index contributed by atoms with van der Waals surface area (Å²) in [6.45, 7) is 0. The van der Waals surface area contributed by atoms with Crippen molar-refractivity contribution in [3.8, 4) is 5.75 Å². The third kappa shape index (κ3) is 2.58. The zero-order valence-electron chi connectivity index (χ0n) is 11.3. The highest BCUT2D eigenvalue weighted by atomic mass is 35.5. The van der Waals surface area contributed by atoms with E-state index in [4.69, 9.17) is 11.6 Å². The summed E-state index contributed by atoms with van der Waals surface area (Å²) in [5, 5.41) is 13.7. The minimum Gasteiger partial charge on any atom is -0.508 e. The molecule has 1 aromatic heterocycles. The third-order valence-corrected chi connectivity index (χ3v) is 3.58. The number of phenolic OH excluding ortho intramolecular Hbond substituents is 1. The molecule has 2 N–H and O–H groups in total. The molecule has 0 aliphatic heterocycles. The summed E-state index contributed by atoms with van der Waals surface area (Å²) < 4.78 is 1.79. The van der Waals surface area contributed by atoms with Gasteiger partial charge in [-0.3, -0.25) is 4.79 Å². The molecule has 21 heavy (non-hydrogen) atoms. The number of carbonyl (C=O) groups is 1. The van der Waals surface area contributed by atoms with E-state index >= 15 is 0 Å². The Morgan fingerprint density at radius 2 is 2.00 bits per heavy atom. The predicted molar refractivity (Wildman–Crippen MR) is 84.0 cm³/mol. The van der Waals surface area contributed by atoms with E-state index in [1.54, 1.807) is 53.1 Å². The van der Waals surface area contributed by atoms with E-state index in [-0.39, 0.29) is 11.7 Å². The van der Waals surface area contributed by atoms with Crippen LogP contribution in [0.3, 0.4) is 0 Å². The van der Waals surface area contributed by atoms with Gasteiger partial charge in [0.15, 0.2) is 0 Å². The lowest BCUT2D eigenvalue weighted by Crippen LogP contribution is -2.15. The van der Waals surface area contributed by atoms with Gasteiger partial charge in [-0.05, 0) is 42.5 Å². The molecule has 0 aliphatic rings. The van der Waals surface area contributed by atoms with Gasteiger partial charge in [-0.2, -0.15) is 0 Å². The van der Waals surface area contributed by atoms with Crippen LogP contribution >= 0.6 is 11.6 Å². The number of halogens is 1. The average Bonchev–Trinajstić information content (AvgIpc) is 2.75. The lowest BCUT2D eigenvalue weighted by molar-refractivity contribution is 0.102. The summed E-state index contributed by atoms with van der Waals surface area (Å²) in [6.07, 6.45) is 0. The van der Waals surface area contributed by atoms with Crippen molar-refractivity contribution in [3.05, 3.63) is 59.2 Å². The van der Waals surface area contributed by atoms with Crippen LogP contribution in [-0.4, -0.2) is 15.6 Å². The number of anilines is 1. The number of aromatic nitrogens is 1. The summed E-state index contributed by atoms with van der Waals surface area (Å²) in [4.78, 5) is 12.4. The first-order chi connectivity index (χ1) is 10.0. The Kier molecular flexibility index (Phi) is 3.31. The van der Waals surface area contributed by atoms with E-state index in [0.29, 0.717) is 16.4 Å². The first-order valence-electron chi connectivity index (χ1n) is 6.40. The Labute approximate surface area is 126 Å². The van der Waals surface area contributed by atoms with Gasteiger partial charge in [-0.25, -0.2) is 0 Å². The Morgan fingerprint density at radius 1 is 1.19 bits per heavy atom. The van der Waals surface area contributed by atoms with Crippen molar-refractivity contribution in [2.75, 3.05) is 5.32 Å². The van der Waals surface area contributed by atoms with E-state index in [9.17, 15) is 9.90 Å². The van der Waals surface area contributed by atoms with Crippen molar-refractivity contribution < 1.29 is 9.90 Å². The molecule has 106 valence electrons. The molecule has 5 heteroatoms. The molecule has 2 aromatic carbocycles. The maximum atomic E-state index is 12.4. The summed E-state index contributed by atoms with van der Waals surface area (Å²) in [5.41, 5.74) is 2.03. The predicted octanol–water partition coefficient (Wildman–Crippen LogP) is 3.79. The SMILES string of the molecule is Cn1c(C(=O)Nc2cccc(Cl)c2)cc2cc(O)ccc21. The fourth-order valence-electron chi connectivity index (χ4n) is 2.32. The van der Waals surface area contributed by atoms with E-state index in [0.717, 1.165) is 10.9 Å². The number of aromatic hydroxyl groups is 1. The van der Waals surface area contributed by atoms with E-state index in [2.05, 4.69) is 5.32 Å². The van der Waals surface area contributed by atoms with Gasteiger partial charge in [0.25, 0.3) is 5.91 Å². The number of hydrogen-bond acceptors (Lipinski definition) is 2. The molecule has 0 spiro atoms. The smallest absolute Gasteiger partial charge is 0.272 e. The standard InChI is InChI=1S/C16H13ClN2O2/c1-19-14-6-5-13(20)7-10(14)8-15(19)16(21)18-12-4-2-3-11(17)9-12/h2-9,20H,1H3,(H,18,21). The largest absolute Gasteiger partial charge is 0.508 e. The van der Waals surface area contributed by atoms with E-state index in [1.807, 2.05) is 7.05 Å². The van der Waals surface area contributed by atoms with Crippen LogP contribution in [0.1, 0.15) is 10.5 Å². The van der Waals surface area contributed by atoms with Crippen molar-refractivity contribution in [1.29, 1.82) is 0 Å². The van der Waals surface area contributed by atoms with Crippen LogP contribution in [0.15, 0.2) is 48.5 Å². The van der Waals surface area contributed by atoms with Gasteiger partial charge in [-0.1, -0.05) is 17.7 Å². The zero-order valence-corrected chi connectivity index (χ0v) is 12.1. The highest BCUT2D eigenvalue weighted by Gasteiger charge is 2.14. The second-order valence-electron chi connectivity index (χ2n) is 4.80. The second-order valence-corrected chi connectivity index (χ2v) is 5.23. The monoisotopic (exact) mass is 300 g/mol. The molecule has 0 bridgehead atoms. The number of carbonyl (C=O) groups excluding carboxylic acids is 1. The van der Waals surface area contributed by atoms with Gasteiger partial charge in [0.1, 0.15) is 11.4 Å². The van der Waals surface area contributed by atoms with Crippen molar-refractivity contribution in [1.82, 2.24) is 4.57 Å². The molecule has 0 unspecified atom stereocenters. The summed E-state index contributed by atoms with van der Waals surface area (Å²) in [5.74, 6) is -0.0506. The summed E-state index contributed by atoms with van der Waals surface area (Å²) in [6, 6.07) is 13.7. The number of amides is 1. The molecule has 1 heterocycles. The van der Waals surface area contributed by atoms with Crippen LogP contribution in [0, 0.1) is 0 Å². The fourth-order valence-corrected chi connectivity index (χ4v) is 2.51. The summed E-state index contributed by atoms with van der Waals surface area (Å²) >= 11 is 5.90. The fraction of sp³-hybridized carbons (Fsp3) is 0.0625. The first kappa shape index (κ1) is 13.5. The maximum Gasteiger partial charge on any atom is 0.272 e. The molecule has 0 atom stereocenters. The molecule has 3 aromatic rings. The van der Waals surface area contributed by atoms with Crippen molar-refractivity contribution in [2.45, 2.75) is 0 Å². The van der Waals surface area contributed by atoms with E-state index < -0.39 is 0 Å². The highest BCUT2D eigenvalue weighted by molar-refractivity contribution is 6.31. The van der Waals surface area contributed by atoms with E-state index in [1.165, 1.54) is 0 Å². The lowest BCUT2D eigenvalue weighted by Gasteiger charge is -2.06.